The second-order valence-corrected chi connectivity index (χ2v) is 8.40. The number of imide groups is 1. The number of ether oxygens (including phenoxy) is 1. The molecule has 0 bridgehead atoms. The number of carbonyl (C=O) groups is 2. The summed E-state index contributed by atoms with van der Waals surface area (Å²) in [6.45, 7) is 4.12. The number of hydrogen-bond donors (Lipinski definition) is 3. The fraction of sp³-hybridized carbons (Fsp3) is 0.619. The Morgan fingerprint density at radius 3 is 2.59 bits per heavy atom. The van der Waals surface area contributed by atoms with Gasteiger partial charge in [-0.05, 0) is 25.0 Å². The molecule has 1 aromatic rings. The maximum absolute atomic E-state index is 12.7. The van der Waals surface area contributed by atoms with Crippen LogP contribution in [0.4, 0.5) is 10.5 Å². The molecule has 1 atom stereocenters. The van der Waals surface area contributed by atoms with Crippen LogP contribution in [0.3, 0.4) is 0 Å². The van der Waals surface area contributed by atoms with Gasteiger partial charge in [0.05, 0.1) is 45.5 Å². The van der Waals surface area contributed by atoms with Crippen LogP contribution in [0.25, 0.3) is 0 Å². The molecule has 4 rings (SSSR count). The average Bonchev–Trinajstić information content (AvgIpc) is 3.29. The number of benzene rings is 1. The standard InChI is InChI=1S/C21H30N4O4/c1-29-18-7-3-2-6-17(18)24-12-10-23(11-13-24)14-16(26)15-25-19(27)21(22-20(25)28)8-4-5-9-21/h2-3,6-7,16,26H,4-5,8-15H2,1H3,(H,22,28)/p+1/t16-/m0/s1. The molecule has 0 unspecified atom stereocenters. The van der Waals surface area contributed by atoms with Gasteiger partial charge in [0.15, 0.2) is 0 Å². The van der Waals surface area contributed by atoms with Gasteiger partial charge in [0, 0.05) is 0 Å². The topological polar surface area (TPSA) is 86.6 Å². The van der Waals surface area contributed by atoms with Crippen molar-refractivity contribution in [3.63, 3.8) is 0 Å². The second kappa shape index (κ2) is 8.20. The number of para-hydroxylation sites is 2. The minimum Gasteiger partial charge on any atom is -0.495 e. The van der Waals surface area contributed by atoms with E-state index in [2.05, 4.69) is 16.3 Å². The van der Waals surface area contributed by atoms with E-state index in [0.29, 0.717) is 19.4 Å². The van der Waals surface area contributed by atoms with E-state index < -0.39 is 11.6 Å². The Morgan fingerprint density at radius 1 is 1.21 bits per heavy atom. The fourth-order valence-electron chi connectivity index (χ4n) is 4.93. The SMILES string of the molecule is COc1ccccc1N1CC[NH+](C[C@H](O)CN2C(=O)NC3(CCCC3)C2=O)CC1. The average molecular weight is 404 g/mol. The first-order chi connectivity index (χ1) is 14.0. The number of aliphatic hydroxyl groups is 1. The van der Waals surface area contributed by atoms with Gasteiger partial charge < -0.3 is 25.0 Å². The number of anilines is 1. The lowest BCUT2D eigenvalue weighted by Crippen LogP contribution is -3.16. The lowest BCUT2D eigenvalue weighted by molar-refractivity contribution is -0.903. The van der Waals surface area contributed by atoms with Crippen molar-refractivity contribution in [3.8, 4) is 5.75 Å². The highest BCUT2D eigenvalue weighted by atomic mass is 16.5. The number of rotatable bonds is 6. The molecule has 0 aromatic heterocycles. The van der Waals surface area contributed by atoms with Crippen molar-refractivity contribution in [2.75, 3.05) is 51.3 Å². The molecule has 2 heterocycles. The highest BCUT2D eigenvalue weighted by Gasteiger charge is 2.52. The van der Waals surface area contributed by atoms with Crippen molar-refractivity contribution in [3.05, 3.63) is 24.3 Å². The van der Waals surface area contributed by atoms with Crippen LogP contribution in [0, 0.1) is 0 Å². The number of methoxy groups -OCH3 is 1. The quantitative estimate of drug-likeness (QED) is 0.564. The molecule has 2 aliphatic heterocycles. The largest absolute Gasteiger partial charge is 0.495 e. The first-order valence-corrected chi connectivity index (χ1v) is 10.6. The number of carbonyl (C=O) groups excluding carboxylic acids is 2. The van der Waals surface area contributed by atoms with E-state index >= 15 is 0 Å². The van der Waals surface area contributed by atoms with Crippen molar-refractivity contribution >= 4 is 17.6 Å². The molecule has 1 aliphatic carbocycles. The number of nitrogens with one attached hydrogen (secondary N) is 2. The van der Waals surface area contributed by atoms with Crippen LogP contribution in [0.5, 0.6) is 5.75 Å². The van der Waals surface area contributed by atoms with E-state index in [1.165, 1.54) is 9.80 Å². The van der Waals surface area contributed by atoms with Gasteiger partial charge in [-0.3, -0.25) is 9.69 Å². The number of urea groups is 1. The molecule has 3 aliphatic rings. The molecule has 158 valence electrons. The number of aliphatic hydroxyl groups excluding tert-OH is 1. The van der Waals surface area contributed by atoms with Crippen LogP contribution in [0.1, 0.15) is 25.7 Å². The summed E-state index contributed by atoms with van der Waals surface area (Å²) in [6, 6.07) is 7.65. The molecule has 1 spiro atoms. The zero-order valence-corrected chi connectivity index (χ0v) is 17.0. The van der Waals surface area contributed by atoms with Gasteiger partial charge in [0.2, 0.25) is 0 Å². The summed E-state index contributed by atoms with van der Waals surface area (Å²) >= 11 is 0. The Hall–Kier alpha value is -2.32. The van der Waals surface area contributed by atoms with Crippen molar-refractivity contribution in [1.29, 1.82) is 0 Å². The number of amides is 3. The van der Waals surface area contributed by atoms with E-state index in [4.69, 9.17) is 4.74 Å². The fourth-order valence-corrected chi connectivity index (χ4v) is 4.93. The predicted molar refractivity (Wildman–Crippen MR) is 108 cm³/mol. The Kier molecular flexibility index (Phi) is 5.65. The number of hydrogen-bond acceptors (Lipinski definition) is 5. The summed E-state index contributed by atoms with van der Waals surface area (Å²) in [5.74, 6) is 0.713. The molecular weight excluding hydrogens is 372 g/mol. The van der Waals surface area contributed by atoms with Crippen LogP contribution < -0.4 is 19.9 Å². The van der Waals surface area contributed by atoms with Crippen molar-refractivity contribution in [1.82, 2.24) is 10.2 Å². The zero-order valence-electron chi connectivity index (χ0n) is 17.0. The van der Waals surface area contributed by atoms with E-state index in [0.717, 1.165) is 50.5 Å². The van der Waals surface area contributed by atoms with Gasteiger partial charge in [0.25, 0.3) is 5.91 Å². The lowest BCUT2D eigenvalue weighted by Gasteiger charge is -2.35. The first kappa shape index (κ1) is 20.0. The number of β-amino-alcohol motifs (C(OH)–C–C–N with tert-alkyl or cyclic N) is 1. The monoisotopic (exact) mass is 403 g/mol. The van der Waals surface area contributed by atoms with Crippen LogP contribution in [-0.4, -0.2) is 80.0 Å². The molecule has 1 aromatic carbocycles. The molecule has 8 nitrogen and oxygen atoms in total. The van der Waals surface area contributed by atoms with Gasteiger partial charge in [-0.2, -0.15) is 0 Å². The molecule has 3 N–H and O–H groups in total. The third-order valence-electron chi connectivity index (χ3n) is 6.52. The highest BCUT2D eigenvalue weighted by Crippen LogP contribution is 2.35. The molecule has 3 fully saturated rings. The Morgan fingerprint density at radius 2 is 1.90 bits per heavy atom. The summed E-state index contributed by atoms with van der Waals surface area (Å²) in [7, 11) is 1.68. The summed E-state index contributed by atoms with van der Waals surface area (Å²) in [5.41, 5.74) is 0.389. The molecule has 3 amide bonds. The highest BCUT2D eigenvalue weighted by molar-refractivity contribution is 6.07. The van der Waals surface area contributed by atoms with Crippen molar-refractivity contribution < 1.29 is 24.3 Å². The molecule has 8 heteroatoms. The van der Waals surface area contributed by atoms with Crippen LogP contribution in [0.2, 0.25) is 0 Å². The Bertz CT molecular complexity index is 757. The smallest absolute Gasteiger partial charge is 0.325 e. The van der Waals surface area contributed by atoms with Gasteiger partial charge >= 0.3 is 6.03 Å². The summed E-state index contributed by atoms with van der Waals surface area (Å²) < 4.78 is 5.46. The minimum absolute atomic E-state index is 0.0755. The van der Waals surface area contributed by atoms with Crippen LogP contribution in [-0.2, 0) is 4.79 Å². The van der Waals surface area contributed by atoms with E-state index in [9.17, 15) is 14.7 Å². The lowest BCUT2D eigenvalue weighted by atomic mass is 9.98. The summed E-state index contributed by atoms with van der Waals surface area (Å²) in [6.07, 6.45) is 2.63. The third kappa shape index (κ3) is 3.91. The number of piperazine rings is 1. The van der Waals surface area contributed by atoms with E-state index in [1.54, 1.807) is 7.11 Å². The maximum atomic E-state index is 12.7. The van der Waals surface area contributed by atoms with Gasteiger partial charge in [-0.1, -0.05) is 25.0 Å². The predicted octanol–water partition coefficient (Wildman–Crippen LogP) is -0.374. The molecular formula is C21H31N4O4+. The van der Waals surface area contributed by atoms with Crippen molar-refractivity contribution in [2.24, 2.45) is 0 Å². The maximum Gasteiger partial charge on any atom is 0.325 e. The Labute approximate surface area is 171 Å². The molecule has 0 radical (unpaired) electrons. The minimum atomic E-state index is -0.714. The number of nitrogens with zero attached hydrogens (tertiary/aromatic N) is 2. The molecule has 2 saturated heterocycles. The van der Waals surface area contributed by atoms with Crippen molar-refractivity contribution in [2.45, 2.75) is 37.3 Å². The summed E-state index contributed by atoms with van der Waals surface area (Å²) in [5, 5.41) is 13.4. The van der Waals surface area contributed by atoms with E-state index in [1.807, 2.05) is 18.2 Å². The first-order valence-electron chi connectivity index (χ1n) is 10.6. The van der Waals surface area contributed by atoms with Gasteiger partial charge in [-0.15, -0.1) is 0 Å². The molecule has 29 heavy (non-hydrogen) atoms. The van der Waals surface area contributed by atoms with E-state index in [-0.39, 0.29) is 18.5 Å². The van der Waals surface area contributed by atoms with Gasteiger partial charge in [0.1, 0.15) is 23.9 Å². The third-order valence-corrected chi connectivity index (χ3v) is 6.52. The number of quaternary nitrogens is 1. The van der Waals surface area contributed by atoms with Crippen LogP contribution in [0.15, 0.2) is 24.3 Å². The Balaban J connectivity index is 1.28. The second-order valence-electron chi connectivity index (χ2n) is 8.40. The summed E-state index contributed by atoms with van der Waals surface area (Å²) in [4.78, 5) is 29.8. The molecule has 1 saturated carbocycles. The van der Waals surface area contributed by atoms with Gasteiger partial charge in [-0.25, -0.2) is 4.79 Å². The zero-order chi connectivity index (χ0) is 20.4. The van der Waals surface area contributed by atoms with Crippen LogP contribution >= 0.6 is 0 Å². The normalized spacial score (nSPS) is 23.0.